The van der Waals surface area contributed by atoms with E-state index in [1.54, 1.807) is 18.0 Å². The molecule has 0 atom stereocenters. The highest BCUT2D eigenvalue weighted by Crippen LogP contribution is 2.36. The van der Waals surface area contributed by atoms with Gasteiger partial charge in [0.1, 0.15) is 11.9 Å². The molecule has 1 saturated carbocycles. The SMILES string of the molecule is CNc1cc(N2CC(F)C2)c(C(=O)N[C@H]2CC[C@H](C)CC2)cc1[N+](=O)[O-]. The number of nitrogens with zero attached hydrogens (tertiary/aromatic N) is 2. The molecule has 1 saturated heterocycles. The number of hydrogen-bond donors (Lipinski definition) is 2. The van der Waals surface area contributed by atoms with Crippen LogP contribution in [-0.4, -0.2) is 43.2 Å². The number of nitro benzene ring substituents is 1. The zero-order chi connectivity index (χ0) is 18.8. The van der Waals surface area contributed by atoms with E-state index in [2.05, 4.69) is 17.6 Å². The van der Waals surface area contributed by atoms with Crippen molar-refractivity contribution in [1.82, 2.24) is 5.32 Å². The number of nitrogens with one attached hydrogen (secondary N) is 2. The van der Waals surface area contributed by atoms with E-state index in [4.69, 9.17) is 0 Å². The summed E-state index contributed by atoms with van der Waals surface area (Å²) in [7, 11) is 1.59. The first-order chi connectivity index (χ1) is 12.4. The molecule has 0 spiro atoms. The maximum atomic E-state index is 13.3. The van der Waals surface area contributed by atoms with Gasteiger partial charge in [-0.2, -0.15) is 0 Å². The highest BCUT2D eigenvalue weighted by molar-refractivity contribution is 6.02. The zero-order valence-electron chi connectivity index (χ0n) is 15.1. The summed E-state index contributed by atoms with van der Waals surface area (Å²) in [4.78, 5) is 25.4. The largest absolute Gasteiger partial charge is 0.383 e. The number of anilines is 2. The van der Waals surface area contributed by atoms with E-state index in [9.17, 15) is 19.3 Å². The smallest absolute Gasteiger partial charge is 0.293 e. The number of nitro groups is 1. The number of rotatable bonds is 5. The van der Waals surface area contributed by atoms with E-state index < -0.39 is 11.1 Å². The normalized spacial score (nSPS) is 23.3. The molecule has 1 aliphatic heterocycles. The fraction of sp³-hybridized carbons (Fsp3) is 0.611. The molecule has 0 aromatic heterocycles. The molecule has 0 radical (unpaired) electrons. The lowest BCUT2D eigenvalue weighted by Gasteiger charge is -2.37. The number of amides is 1. The van der Waals surface area contributed by atoms with E-state index in [0.717, 1.165) is 25.7 Å². The highest BCUT2D eigenvalue weighted by atomic mass is 19.1. The molecule has 1 heterocycles. The molecule has 1 aromatic carbocycles. The van der Waals surface area contributed by atoms with Crippen molar-refractivity contribution in [3.05, 3.63) is 27.8 Å². The minimum absolute atomic E-state index is 0.0832. The van der Waals surface area contributed by atoms with Gasteiger partial charge in [-0.05, 0) is 37.7 Å². The number of halogens is 1. The third-order valence-electron chi connectivity index (χ3n) is 5.35. The monoisotopic (exact) mass is 364 g/mol. The molecule has 7 nitrogen and oxygen atoms in total. The first-order valence-corrected chi connectivity index (χ1v) is 9.09. The summed E-state index contributed by atoms with van der Waals surface area (Å²) in [6.07, 6.45) is 3.02. The van der Waals surface area contributed by atoms with Crippen LogP contribution in [0.15, 0.2) is 12.1 Å². The molecule has 3 rings (SSSR count). The molecule has 142 valence electrons. The third-order valence-corrected chi connectivity index (χ3v) is 5.35. The van der Waals surface area contributed by atoms with Crippen LogP contribution in [0.1, 0.15) is 43.0 Å². The second-order valence-electron chi connectivity index (χ2n) is 7.33. The average molecular weight is 364 g/mol. The zero-order valence-corrected chi connectivity index (χ0v) is 15.1. The second kappa shape index (κ2) is 7.47. The minimum atomic E-state index is -0.932. The first kappa shape index (κ1) is 18.4. The molecular weight excluding hydrogens is 339 g/mol. The van der Waals surface area contributed by atoms with Gasteiger partial charge in [0, 0.05) is 19.2 Å². The van der Waals surface area contributed by atoms with Crippen molar-refractivity contribution in [2.75, 3.05) is 30.4 Å². The second-order valence-corrected chi connectivity index (χ2v) is 7.33. The standard InChI is InChI=1S/C18H25FN4O3/c1-11-3-5-13(6-4-11)21-18(24)14-7-17(23(25)26)15(20-2)8-16(14)22-9-12(19)10-22/h7-8,11-13,20H,3-6,9-10H2,1-2H3,(H,21,24)/t11-,13-. The Balaban J connectivity index is 1.88. The van der Waals surface area contributed by atoms with Gasteiger partial charge in [0.25, 0.3) is 11.6 Å². The van der Waals surface area contributed by atoms with E-state index in [-0.39, 0.29) is 36.3 Å². The van der Waals surface area contributed by atoms with Gasteiger partial charge < -0.3 is 15.5 Å². The molecule has 26 heavy (non-hydrogen) atoms. The number of hydrogen-bond acceptors (Lipinski definition) is 5. The van der Waals surface area contributed by atoms with Gasteiger partial charge in [-0.1, -0.05) is 6.92 Å². The van der Waals surface area contributed by atoms with Crippen LogP contribution in [0.2, 0.25) is 0 Å². The summed E-state index contributed by atoms with van der Waals surface area (Å²) in [6.45, 7) is 2.59. The molecule has 1 amide bonds. The molecule has 8 heteroatoms. The van der Waals surface area contributed by atoms with Crippen molar-refractivity contribution in [2.45, 2.75) is 44.8 Å². The number of alkyl halides is 1. The molecule has 1 aromatic rings. The molecule has 2 aliphatic rings. The van der Waals surface area contributed by atoms with Crippen molar-refractivity contribution < 1.29 is 14.1 Å². The van der Waals surface area contributed by atoms with Crippen molar-refractivity contribution in [1.29, 1.82) is 0 Å². The molecule has 2 N–H and O–H groups in total. The molecule has 0 bridgehead atoms. The lowest BCUT2D eigenvalue weighted by atomic mass is 9.87. The predicted octanol–water partition coefficient (Wildman–Crippen LogP) is 3.10. The van der Waals surface area contributed by atoms with Crippen molar-refractivity contribution in [3.63, 3.8) is 0 Å². The number of benzene rings is 1. The van der Waals surface area contributed by atoms with Crippen LogP contribution < -0.4 is 15.5 Å². The van der Waals surface area contributed by atoms with Crippen LogP contribution in [0.4, 0.5) is 21.5 Å². The van der Waals surface area contributed by atoms with Crippen molar-refractivity contribution in [3.8, 4) is 0 Å². The predicted molar refractivity (Wildman–Crippen MR) is 98.6 cm³/mol. The maximum Gasteiger partial charge on any atom is 0.293 e. The van der Waals surface area contributed by atoms with Crippen LogP contribution in [0.3, 0.4) is 0 Å². The Kier molecular flexibility index (Phi) is 5.29. The van der Waals surface area contributed by atoms with E-state index in [0.29, 0.717) is 17.3 Å². The summed E-state index contributed by atoms with van der Waals surface area (Å²) in [5.41, 5.74) is 0.933. The lowest BCUT2D eigenvalue weighted by molar-refractivity contribution is -0.383. The van der Waals surface area contributed by atoms with Gasteiger partial charge in [0.05, 0.1) is 29.3 Å². The quantitative estimate of drug-likeness (QED) is 0.619. The number of carbonyl (C=O) groups excluding carboxylic acids is 1. The Hall–Kier alpha value is -2.38. The van der Waals surface area contributed by atoms with E-state index >= 15 is 0 Å². The summed E-state index contributed by atoms with van der Waals surface area (Å²) in [6, 6.07) is 2.95. The Bertz CT molecular complexity index is 698. The van der Waals surface area contributed by atoms with Gasteiger partial charge in [-0.15, -0.1) is 0 Å². The van der Waals surface area contributed by atoms with Crippen molar-refractivity contribution >= 4 is 23.0 Å². The topological polar surface area (TPSA) is 87.5 Å². The molecule has 1 aliphatic carbocycles. The Labute approximate surface area is 152 Å². The third kappa shape index (κ3) is 3.73. The number of carbonyl (C=O) groups is 1. The molecule has 0 unspecified atom stereocenters. The Morgan fingerprint density at radius 2 is 1.92 bits per heavy atom. The first-order valence-electron chi connectivity index (χ1n) is 9.09. The van der Waals surface area contributed by atoms with Gasteiger partial charge in [0.2, 0.25) is 0 Å². The van der Waals surface area contributed by atoms with Gasteiger partial charge in [0.15, 0.2) is 0 Å². The fourth-order valence-corrected chi connectivity index (χ4v) is 3.66. The maximum absolute atomic E-state index is 13.3. The fourth-order valence-electron chi connectivity index (χ4n) is 3.66. The summed E-state index contributed by atoms with van der Waals surface area (Å²) in [5.74, 6) is 0.338. The lowest BCUT2D eigenvalue weighted by Crippen LogP contribution is -2.49. The summed E-state index contributed by atoms with van der Waals surface area (Å²) in [5, 5.41) is 17.2. The Morgan fingerprint density at radius 3 is 2.46 bits per heavy atom. The van der Waals surface area contributed by atoms with Crippen molar-refractivity contribution in [2.24, 2.45) is 5.92 Å². The van der Waals surface area contributed by atoms with E-state index in [1.807, 2.05) is 0 Å². The molecule has 2 fully saturated rings. The highest BCUT2D eigenvalue weighted by Gasteiger charge is 2.32. The van der Waals surface area contributed by atoms with Crippen LogP contribution in [0.25, 0.3) is 0 Å². The van der Waals surface area contributed by atoms with Crippen LogP contribution in [-0.2, 0) is 0 Å². The van der Waals surface area contributed by atoms with E-state index in [1.165, 1.54) is 6.07 Å². The van der Waals surface area contributed by atoms with Crippen LogP contribution in [0, 0.1) is 16.0 Å². The Morgan fingerprint density at radius 1 is 1.27 bits per heavy atom. The van der Waals surface area contributed by atoms with Gasteiger partial charge in [-0.25, -0.2) is 4.39 Å². The van der Waals surface area contributed by atoms with Gasteiger partial charge in [-0.3, -0.25) is 14.9 Å². The molecular formula is C18H25FN4O3. The summed E-state index contributed by atoms with van der Waals surface area (Å²) < 4.78 is 13.3. The minimum Gasteiger partial charge on any atom is -0.383 e. The average Bonchev–Trinajstić information content (AvgIpc) is 2.59. The summed E-state index contributed by atoms with van der Waals surface area (Å²) >= 11 is 0. The van der Waals surface area contributed by atoms with Gasteiger partial charge >= 0.3 is 0 Å². The van der Waals surface area contributed by atoms with Crippen LogP contribution >= 0.6 is 0 Å². The van der Waals surface area contributed by atoms with Crippen LogP contribution in [0.5, 0.6) is 0 Å².